The number of amides is 1. The van der Waals surface area contributed by atoms with Crippen LogP contribution in [0.1, 0.15) is 24.2 Å². The monoisotopic (exact) mass is 379 g/mol. The van der Waals surface area contributed by atoms with Crippen molar-refractivity contribution in [2.24, 2.45) is 0 Å². The van der Waals surface area contributed by atoms with Gasteiger partial charge in [-0.3, -0.25) is 4.79 Å². The summed E-state index contributed by atoms with van der Waals surface area (Å²) in [6.45, 7) is 3.18. The lowest BCUT2D eigenvalue weighted by molar-refractivity contribution is -0.142. The van der Waals surface area contributed by atoms with Gasteiger partial charge in [0, 0.05) is 21.9 Å². The van der Waals surface area contributed by atoms with E-state index in [0.29, 0.717) is 16.1 Å². The number of rotatable bonds is 7. The van der Waals surface area contributed by atoms with Gasteiger partial charge in [0.05, 0.1) is 6.61 Å². The lowest BCUT2D eigenvalue weighted by atomic mass is 10.1. The first-order valence-electron chi connectivity index (χ1n) is 7.48. The number of anilines is 1. The minimum atomic E-state index is -0.603. The van der Waals surface area contributed by atoms with Gasteiger partial charge < -0.3 is 14.8 Å². The molecule has 2 aromatic rings. The quantitative estimate of drug-likeness (QED) is 0.586. The molecule has 2 heterocycles. The van der Waals surface area contributed by atoms with Crippen molar-refractivity contribution in [3.8, 4) is 10.4 Å². The Kier molecular flexibility index (Phi) is 6.91. The summed E-state index contributed by atoms with van der Waals surface area (Å²) in [5.74, 6) is -1.63. The van der Waals surface area contributed by atoms with Gasteiger partial charge in [-0.15, -0.1) is 22.7 Å². The van der Waals surface area contributed by atoms with Crippen molar-refractivity contribution in [3.05, 3.63) is 40.6 Å². The molecule has 0 atom stereocenters. The van der Waals surface area contributed by atoms with E-state index in [4.69, 9.17) is 9.47 Å². The van der Waals surface area contributed by atoms with Crippen molar-refractivity contribution in [3.63, 3.8) is 0 Å². The van der Waals surface area contributed by atoms with E-state index in [0.717, 1.165) is 4.88 Å². The number of allylic oxidation sites excluding steroid dienone is 1. The number of carbonyl (C=O) groups excluding carboxylic acids is 3. The van der Waals surface area contributed by atoms with Crippen molar-refractivity contribution in [1.29, 1.82) is 0 Å². The lowest BCUT2D eigenvalue weighted by Gasteiger charge is -2.08. The van der Waals surface area contributed by atoms with E-state index in [1.165, 1.54) is 34.8 Å². The molecule has 0 saturated carbocycles. The third-order valence-electron chi connectivity index (χ3n) is 2.96. The first kappa shape index (κ1) is 18.9. The SMILES string of the molecule is C/C=C/C(=O)OCC(=O)Nc1scc(-c2cccs2)c1C(=O)OCC. The van der Waals surface area contributed by atoms with Gasteiger partial charge in [0.25, 0.3) is 5.91 Å². The van der Waals surface area contributed by atoms with Gasteiger partial charge >= 0.3 is 11.9 Å². The van der Waals surface area contributed by atoms with Gasteiger partial charge in [0.2, 0.25) is 0 Å². The van der Waals surface area contributed by atoms with Gasteiger partial charge in [0.1, 0.15) is 10.6 Å². The van der Waals surface area contributed by atoms with Crippen molar-refractivity contribution in [1.82, 2.24) is 0 Å². The highest BCUT2D eigenvalue weighted by Gasteiger charge is 2.23. The van der Waals surface area contributed by atoms with E-state index in [1.807, 2.05) is 17.5 Å². The summed E-state index contributed by atoms with van der Waals surface area (Å²) < 4.78 is 9.90. The van der Waals surface area contributed by atoms with Crippen LogP contribution in [0.2, 0.25) is 0 Å². The summed E-state index contributed by atoms with van der Waals surface area (Å²) in [5.41, 5.74) is 1.02. The van der Waals surface area contributed by atoms with Crippen LogP contribution in [0, 0.1) is 0 Å². The molecule has 0 aliphatic carbocycles. The average Bonchev–Trinajstić information content (AvgIpc) is 3.22. The zero-order chi connectivity index (χ0) is 18.2. The minimum absolute atomic E-state index is 0.229. The van der Waals surface area contributed by atoms with Gasteiger partial charge in [-0.05, 0) is 25.3 Å². The Morgan fingerprint density at radius 3 is 2.68 bits per heavy atom. The third-order valence-corrected chi connectivity index (χ3v) is 4.76. The smallest absolute Gasteiger partial charge is 0.341 e. The first-order chi connectivity index (χ1) is 12.1. The summed E-state index contributed by atoms with van der Waals surface area (Å²) in [5, 5.41) is 6.68. The molecule has 1 N–H and O–H groups in total. The number of hydrogen-bond acceptors (Lipinski definition) is 7. The van der Waals surface area contributed by atoms with Crippen molar-refractivity contribution in [2.45, 2.75) is 13.8 Å². The van der Waals surface area contributed by atoms with Crippen LogP contribution < -0.4 is 5.32 Å². The predicted molar refractivity (Wildman–Crippen MR) is 98.0 cm³/mol. The molecule has 1 amide bonds. The highest BCUT2D eigenvalue weighted by atomic mass is 32.1. The van der Waals surface area contributed by atoms with Crippen LogP contribution in [-0.2, 0) is 19.1 Å². The van der Waals surface area contributed by atoms with E-state index in [1.54, 1.807) is 19.2 Å². The fraction of sp³-hybridized carbons (Fsp3) is 0.235. The zero-order valence-electron chi connectivity index (χ0n) is 13.7. The van der Waals surface area contributed by atoms with E-state index in [9.17, 15) is 14.4 Å². The molecule has 2 aromatic heterocycles. The molecule has 0 unspecified atom stereocenters. The van der Waals surface area contributed by atoms with Crippen LogP contribution in [-0.4, -0.2) is 31.1 Å². The number of ether oxygens (including phenoxy) is 2. The molecule has 0 bridgehead atoms. The second-order valence-electron chi connectivity index (χ2n) is 4.71. The lowest BCUT2D eigenvalue weighted by Crippen LogP contribution is -2.21. The van der Waals surface area contributed by atoms with Crippen LogP contribution in [0.25, 0.3) is 10.4 Å². The Balaban J connectivity index is 2.18. The maximum absolute atomic E-state index is 12.3. The second-order valence-corrected chi connectivity index (χ2v) is 6.53. The standard InChI is InChI=1S/C17H17NO5S2/c1-3-6-14(20)23-9-13(19)18-16-15(17(21)22-4-2)11(10-25-16)12-7-5-8-24-12/h3,5-8,10H,4,9H2,1-2H3,(H,18,19)/b6-3+. The topological polar surface area (TPSA) is 81.7 Å². The highest BCUT2D eigenvalue weighted by molar-refractivity contribution is 7.17. The summed E-state index contributed by atoms with van der Waals surface area (Å²) in [6.07, 6.45) is 2.74. The fourth-order valence-corrected chi connectivity index (χ4v) is 3.74. The number of thiophene rings is 2. The molecule has 0 aromatic carbocycles. The number of nitrogens with one attached hydrogen (secondary N) is 1. The molecule has 0 aliphatic rings. The third kappa shape index (κ3) is 5.01. The average molecular weight is 379 g/mol. The van der Waals surface area contributed by atoms with Gasteiger partial charge in [0.15, 0.2) is 6.61 Å². The zero-order valence-corrected chi connectivity index (χ0v) is 15.4. The molecule has 0 fully saturated rings. The van der Waals surface area contributed by atoms with Crippen LogP contribution in [0.3, 0.4) is 0 Å². The molecule has 25 heavy (non-hydrogen) atoms. The molecule has 8 heteroatoms. The normalized spacial score (nSPS) is 10.6. The van der Waals surface area contributed by atoms with E-state index < -0.39 is 24.5 Å². The van der Waals surface area contributed by atoms with Gasteiger partial charge in [-0.2, -0.15) is 0 Å². The maximum Gasteiger partial charge on any atom is 0.341 e. The summed E-state index contributed by atoms with van der Waals surface area (Å²) in [4.78, 5) is 36.5. The molecule has 6 nitrogen and oxygen atoms in total. The Bertz CT molecular complexity index is 777. The Morgan fingerprint density at radius 2 is 2.04 bits per heavy atom. The molecule has 132 valence electrons. The van der Waals surface area contributed by atoms with Crippen molar-refractivity contribution in [2.75, 3.05) is 18.5 Å². The maximum atomic E-state index is 12.3. The minimum Gasteiger partial charge on any atom is -0.462 e. The molecule has 0 radical (unpaired) electrons. The Hall–Kier alpha value is -2.45. The van der Waals surface area contributed by atoms with Crippen LogP contribution in [0.15, 0.2) is 35.0 Å². The molecule has 2 rings (SSSR count). The van der Waals surface area contributed by atoms with Gasteiger partial charge in [-0.25, -0.2) is 9.59 Å². The molecule has 0 spiro atoms. The second kappa shape index (κ2) is 9.14. The summed E-state index contributed by atoms with van der Waals surface area (Å²) in [6, 6.07) is 3.77. The molecule has 0 saturated heterocycles. The predicted octanol–water partition coefficient (Wildman–Crippen LogP) is 3.71. The number of esters is 2. The number of carbonyl (C=O) groups is 3. The number of hydrogen-bond donors (Lipinski definition) is 1. The molecular weight excluding hydrogens is 362 g/mol. The molecular formula is C17H17NO5S2. The first-order valence-corrected chi connectivity index (χ1v) is 9.24. The van der Waals surface area contributed by atoms with E-state index in [-0.39, 0.29) is 6.61 Å². The van der Waals surface area contributed by atoms with Crippen LogP contribution >= 0.6 is 22.7 Å². The Morgan fingerprint density at radius 1 is 1.24 bits per heavy atom. The van der Waals surface area contributed by atoms with Crippen molar-refractivity contribution >= 4 is 45.5 Å². The summed E-state index contributed by atoms with van der Waals surface area (Å²) in [7, 11) is 0. The summed E-state index contributed by atoms with van der Waals surface area (Å²) >= 11 is 2.71. The van der Waals surface area contributed by atoms with Crippen LogP contribution in [0.4, 0.5) is 5.00 Å². The Labute approximate surface area is 153 Å². The molecule has 0 aliphatic heterocycles. The van der Waals surface area contributed by atoms with E-state index in [2.05, 4.69) is 5.32 Å². The largest absolute Gasteiger partial charge is 0.462 e. The van der Waals surface area contributed by atoms with Crippen LogP contribution in [0.5, 0.6) is 0 Å². The highest BCUT2D eigenvalue weighted by Crippen LogP contribution is 2.38. The van der Waals surface area contributed by atoms with E-state index >= 15 is 0 Å². The fourth-order valence-electron chi connectivity index (χ4n) is 1.95. The van der Waals surface area contributed by atoms with Gasteiger partial charge in [-0.1, -0.05) is 12.1 Å². The van der Waals surface area contributed by atoms with Crippen molar-refractivity contribution < 1.29 is 23.9 Å².